The first kappa shape index (κ1) is 22.8. The fourth-order valence-electron chi connectivity index (χ4n) is 3.44. The van der Waals surface area contributed by atoms with E-state index in [-0.39, 0.29) is 24.4 Å². The number of rotatable bonds is 8. The maximum atomic E-state index is 14.7. The van der Waals surface area contributed by atoms with Gasteiger partial charge in [0.05, 0.1) is 33.1 Å². The summed E-state index contributed by atoms with van der Waals surface area (Å²) in [6.07, 6.45) is 1.32. The predicted octanol–water partition coefficient (Wildman–Crippen LogP) is 2.47. The van der Waals surface area contributed by atoms with Gasteiger partial charge in [-0.1, -0.05) is 18.2 Å². The zero-order valence-corrected chi connectivity index (χ0v) is 18.1. The summed E-state index contributed by atoms with van der Waals surface area (Å²) >= 11 is 0. The average Bonchev–Trinajstić information content (AvgIpc) is 3.02. The maximum absolute atomic E-state index is 14.7. The van der Waals surface area contributed by atoms with Gasteiger partial charge in [0.25, 0.3) is 0 Å². The largest absolute Gasteiger partial charge is 0.497 e. The minimum absolute atomic E-state index is 0.0702. The quantitative estimate of drug-likeness (QED) is 0.661. The van der Waals surface area contributed by atoms with Gasteiger partial charge in [0.1, 0.15) is 5.75 Å². The van der Waals surface area contributed by atoms with Crippen molar-refractivity contribution in [1.29, 1.82) is 0 Å². The lowest BCUT2D eigenvalue weighted by molar-refractivity contribution is 0.182. The lowest BCUT2D eigenvalue weighted by Gasteiger charge is -2.24. The van der Waals surface area contributed by atoms with Crippen LogP contribution in [-0.2, 0) is 16.4 Å². The van der Waals surface area contributed by atoms with Gasteiger partial charge < -0.3 is 14.4 Å². The van der Waals surface area contributed by atoms with Gasteiger partial charge >= 0.3 is 6.03 Å². The molecule has 0 aliphatic carbocycles. The third kappa shape index (κ3) is 5.05. The molecule has 1 fully saturated rings. The standard InChI is InChI=1S/C20H23F2N3O5S/c1-29-14-6-4-13(5-7-14)10-11-24-16(12-25(20(24)26)23-31(3,27)28)15-8-9-17(30-2)19(22)18(15)21/h4-9,16,23H,10-12H2,1-3H3. The van der Waals surface area contributed by atoms with Crippen LogP contribution < -0.4 is 14.3 Å². The SMILES string of the molecule is COc1ccc(CCN2C(=O)N(NS(C)(=O)=O)CC2c2ccc(OC)c(F)c2F)cc1. The van der Waals surface area contributed by atoms with Crippen LogP contribution in [0.3, 0.4) is 0 Å². The number of carbonyl (C=O) groups is 1. The Morgan fingerprint density at radius 1 is 1.06 bits per heavy atom. The Morgan fingerprint density at radius 3 is 2.32 bits per heavy atom. The van der Waals surface area contributed by atoms with Crippen molar-refractivity contribution in [2.45, 2.75) is 12.5 Å². The lowest BCUT2D eigenvalue weighted by Crippen LogP contribution is -2.44. The summed E-state index contributed by atoms with van der Waals surface area (Å²) in [5, 5.41) is 0.885. The molecule has 168 valence electrons. The highest BCUT2D eigenvalue weighted by atomic mass is 32.2. The topological polar surface area (TPSA) is 88.2 Å². The van der Waals surface area contributed by atoms with Crippen LogP contribution in [0.2, 0.25) is 0 Å². The second kappa shape index (κ2) is 9.06. The van der Waals surface area contributed by atoms with E-state index in [1.165, 1.54) is 24.1 Å². The van der Waals surface area contributed by atoms with Crippen molar-refractivity contribution in [3.63, 3.8) is 0 Å². The molecule has 1 N–H and O–H groups in total. The van der Waals surface area contributed by atoms with Crippen molar-refractivity contribution in [2.24, 2.45) is 0 Å². The van der Waals surface area contributed by atoms with Crippen LogP contribution in [0, 0.1) is 11.6 Å². The first-order chi connectivity index (χ1) is 14.6. The second-order valence-electron chi connectivity index (χ2n) is 7.05. The summed E-state index contributed by atoms with van der Waals surface area (Å²) in [6.45, 7) is -0.0257. The molecule has 0 saturated carbocycles. The van der Waals surface area contributed by atoms with Crippen LogP contribution in [0.5, 0.6) is 11.5 Å². The van der Waals surface area contributed by atoms with Crippen LogP contribution in [0.25, 0.3) is 0 Å². The number of halogens is 2. The summed E-state index contributed by atoms with van der Waals surface area (Å²) in [4.78, 5) is 16.3. The molecular formula is C20H23F2N3O5S. The Bertz CT molecular complexity index is 1060. The molecule has 31 heavy (non-hydrogen) atoms. The summed E-state index contributed by atoms with van der Waals surface area (Å²) in [7, 11) is -0.979. The third-order valence-electron chi connectivity index (χ3n) is 4.94. The molecule has 11 heteroatoms. The molecular weight excluding hydrogens is 432 g/mol. The Morgan fingerprint density at radius 2 is 1.74 bits per heavy atom. The molecule has 0 radical (unpaired) electrons. The number of nitrogens with one attached hydrogen (secondary N) is 1. The number of sulfonamides is 1. The fraction of sp³-hybridized carbons (Fsp3) is 0.350. The van der Waals surface area contributed by atoms with Gasteiger partial charge in [-0.15, -0.1) is 4.83 Å². The fourth-order valence-corrected chi connectivity index (χ4v) is 3.99. The smallest absolute Gasteiger partial charge is 0.335 e. The van der Waals surface area contributed by atoms with Gasteiger partial charge in [-0.25, -0.2) is 22.6 Å². The van der Waals surface area contributed by atoms with Crippen LogP contribution in [-0.4, -0.2) is 57.9 Å². The highest BCUT2D eigenvalue weighted by Gasteiger charge is 2.41. The van der Waals surface area contributed by atoms with Crippen LogP contribution in [0.15, 0.2) is 36.4 Å². The number of benzene rings is 2. The van der Waals surface area contributed by atoms with Crippen LogP contribution in [0.1, 0.15) is 17.2 Å². The minimum Gasteiger partial charge on any atom is -0.497 e. The molecule has 2 amide bonds. The van der Waals surface area contributed by atoms with E-state index in [4.69, 9.17) is 9.47 Å². The molecule has 1 atom stereocenters. The average molecular weight is 455 g/mol. The number of ether oxygens (including phenoxy) is 2. The highest BCUT2D eigenvalue weighted by Crippen LogP contribution is 2.34. The summed E-state index contributed by atoms with van der Waals surface area (Å²) in [5.74, 6) is -1.90. The molecule has 3 rings (SSSR count). The number of methoxy groups -OCH3 is 2. The normalized spacial score (nSPS) is 16.7. The number of amides is 2. The molecule has 1 saturated heterocycles. The van der Waals surface area contributed by atoms with E-state index in [9.17, 15) is 22.0 Å². The van der Waals surface area contributed by atoms with Gasteiger partial charge in [0.2, 0.25) is 15.8 Å². The molecule has 1 aliphatic heterocycles. The monoisotopic (exact) mass is 455 g/mol. The first-order valence-corrected chi connectivity index (χ1v) is 11.2. The van der Waals surface area contributed by atoms with E-state index in [0.29, 0.717) is 12.2 Å². The van der Waals surface area contributed by atoms with Crippen LogP contribution >= 0.6 is 0 Å². The number of nitrogens with zero attached hydrogens (tertiary/aromatic N) is 2. The number of hydrogen-bond donors (Lipinski definition) is 1. The molecule has 0 bridgehead atoms. The van der Waals surface area contributed by atoms with Gasteiger partial charge in [0, 0.05) is 12.1 Å². The predicted molar refractivity (Wildman–Crippen MR) is 109 cm³/mol. The molecule has 2 aromatic rings. The first-order valence-electron chi connectivity index (χ1n) is 9.35. The zero-order chi connectivity index (χ0) is 22.8. The number of urea groups is 1. The van der Waals surface area contributed by atoms with Crippen molar-refractivity contribution in [2.75, 3.05) is 33.6 Å². The Hall–Kier alpha value is -2.92. The minimum atomic E-state index is -3.75. The second-order valence-corrected chi connectivity index (χ2v) is 8.78. The molecule has 1 unspecified atom stereocenters. The van der Waals surface area contributed by atoms with Crippen molar-refractivity contribution in [3.05, 3.63) is 59.2 Å². The Kier molecular flexibility index (Phi) is 6.65. The highest BCUT2D eigenvalue weighted by molar-refractivity contribution is 7.88. The van der Waals surface area contributed by atoms with E-state index < -0.39 is 33.7 Å². The molecule has 8 nitrogen and oxygen atoms in total. The van der Waals surface area contributed by atoms with E-state index in [1.807, 2.05) is 12.1 Å². The lowest BCUT2D eigenvalue weighted by atomic mass is 10.0. The van der Waals surface area contributed by atoms with Gasteiger partial charge in [0.15, 0.2) is 11.6 Å². The number of hydrazine groups is 1. The summed E-state index contributed by atoms with van der Waals surface area (Å²) in [6, 6.07) is 8.25. The molecule has 2 aromatic carbocycles. The summed E-state index contributed by atoms with van der Waals surface area (Å²) in [5.41, 5.74) is 0.822. The van der Waals surface area contributed by atoms with Crippen molar-refractivity contribution in [1.82, 2.24) is 14.7 Å². The summed E-state index contributed by atoms with van der Waals surface area (Å²) < 4.78 is 62.2. The zero-order valence-electron chi connectivity index (χ0n) is 17.3. The van der Waals surface area contributed by atoms with Crippen molar-refractivity contribution >= 4 is 16.1 Å². The van der Waals surface area contributed by atoms with E-state index >= 15 is 0 Å². The third-order valence-corrected chi connectivity index (χ3v) is 5.49. The molecule has 0 spiro atoms. The van der Waals surface area contributed by atoms with Gasteiger partial charge in [-0.2, -0.15) is 4.39 Å². The maximum Gasteiger partial charge on any atom is 0.335 e. The Balaban J connectivity index is 1.90. The van der Waals surface area contributed by atoms with Crippen LogP contribution in [0.4, 0.5) is 13.6 Å². The Labute approximate surface area is 179 Å². The number of hydrogen-bond acceptors (Lipinski definition) is 5. The molecule has 1 aliphatic rings. The van der Waals surface area contributed by atoms with E-state index in [0.717, 1.165) is 16.8 Å². The van der Waals surface area contributed by atoms with E-state index in [2.05, 4.69) is 4.83 Å². The van der Waals surface area contributed by atoms with Gasteiger partial charge in [-0.05, 0) is 30.2 Å². The van der Waals surface area contributed by atoms with Gasteiger partial charge in [-0.3, -0.25) is 0 Å². The molecule has 0 aromatic heterocycles. The molecule has 1 heterocycles. The number of carbonyl (C=O) groups excluding carboxylic acids is 1. The van der Waals surface area contributed by atoms with Crippen molar-refractivity contribution in [3.8, 4) is 11.5 Å². The van der Waals surface area contributed by atoms with Crippen molar-refractivity contribution < 1.29 is 31.5 Å². The van der Waals surface area contributed by atoms with E-state index in [1.54, 1.807) is 19.2 Å².